The van der Waals surface area contributed by atoms with Crippen molar-refractivity contribution in [2.75, 3.05) is 13.2 Å². The van der Waals surface area contributed by atoms with Gasteiger partial charge in [-0.2, -0.15) is 0 Å². The zero-order valence-electron chi connectivity index (χ0n) is 11.1. The fourth-order valence-corrected chi connectivity index (χ4v) is 2.75. The van der Waals surface area contributed by atoms with Crippen LogP contribution in [-0.2, 0) is 0 Å². The predicted octanol–water partition coefficient (Wildman–Crippen LogP) is 3.43. The molecule has 2 aromatic rings. The van der Waals surface area contributed by atoms with Crippen LogP contribution in [0.25, 0.3) is 0 Å². The average Bonchev–Trinajstić information content (AvgIpc) is 2.51. The Morgan fingerprint density at radius 2 is 1.71 bits per heavy atom. The summed E-state index contributed by atoms with van der Waals surface area (Å²) in [4.78, 5) is 0. The van der Waals surface area contributed by atoms with E-state index in [1.54, 1.807) is 0 Å². The standard InChI is InChI=1S/C15H14BrClN2O2/c16-11-3-1-9(7-12(11)17)15(19-18)10-2-4-13-14(8-10)21-6-5-20-13/h1-4,7-8,15,19H,5-6,18H2. The van der Waals surface area contributed by atoms with E-state index in [1.807, 2.05) is 36.4 Å². The van der Waals surface area contributed by atoms with E-state index in [4.69, 9.17) is 26.9 Å². The topological polar surface area (TPSA) is 56.5 Å². The number of hydrogen-bond acceptors (Lipinski definition) is 4. The SMILES string of the molecule is NNC(c1ccc(Br)c(Cl)c1)c1ccc2c(c1)OCCO2. The van der Waals surface area contributed by atoms with E-state index in [9.17, 15) is 0 Å². The molecular weight excluding hydrogens is 356 g/mol. The molecule has 6 heteroatoms. The molecule has 3 N–H and O–H groups in total. The van der Waals surface area contributed by atoms with Crippen LogP contribution >= 0.6 is 27.5 Å². The lowest BCUT2D eigenvalue weighted by Gasteiger charge is -2.22. The zero-order valence-corrected chi connectivity index (χ0v) is 13.4. The Morgan fingerprint density at radius 3 is 2.43 bits per heavy atom. The molecule has 0 aromatic heterocycles. The first kappa shape index (κ1) is 14.7. The quantitative estimate of drug-likeness (QED) is 0.643. The van der Waals surface area contributed by atoms with Gasteiger partial charge in [0.15, 0.2) is 11.5 Å². The van der Waals surface area contributed by atoms with E-state index >= 15 is 0 Å². The summed E-state index contributed by atoms with van der Waals surface area (Å²) in [6, 6.07) is 11.4. The first-order valence-electron chi connectivity index (χ1n) is 6.49. The van der Waals surface area contributed by atoms with Gasteiger partial charge in [0, 0.05) is 4.47 Å². The molecule has 1 unspecified atom stereocenters. The largest absolute Gasteiger partial charge is 0.486 e. The van der Waals surface area contributed by atoms with Crippen molar-refractivity contribution in [1.29, 1.82) is 0 Å². The Balaban J connectivity index is 1.97. The molecule has 1 aliphatic rings. The summed E-state index contributed by atoms with van der Waals surface area (Å²) < 4.78 is 12.0. The minimum atomic E-state index is -0.175. The molecular formula is C15H14BrClN2O2. The Hall–Kier alpha value is -1.27. The molecule has 1 aliphatic heterocycles. The van der Waals surface area contributed by atoms with Gasteiger partial charge in [-0.05, 0) is 51.3 Å². The number of fused-ring (bicyclic) bond motifs is 1. The molecule has 0 fully saturated rings. The van der Waals surface area contributed by atoms with Gasteiger partial charge in [0.25, 0.3) is 0 Å². The van der Waals surface area contributed by atoms with Crippen LogP contribution in [0.1, 0.15) is 17.2 Å². The fraction of sp³-hybridized carbons (Fsp3) is 0.200. The van der Waals surface area contributed by atoms with Crippen LogP contribution in [0.15, 0.2) is 40.9 Å². The summed E-state index contributed by atoms with van der Waals surface area (Å²) in [5, 5.41) is 0.644. The van der Waals surface area contributed by atoms with Crippen molar-refractivity contribution >= 4 is 27.5 Å². The number of halogens is 2. The third-order valence-corrected chi connectivity index (χ3v) is 4.58. The average molecular weight is 370 g/mol. The van der Waals surface area contributed by atoms with Crippen LogP contribution in [0.4, 0.5) is 0 Å². The number of hydrogen-bond donors (Lipinski definition) is 2. The van der Waals surface area contributed by atoms with Crippen molar-refractivity contribution in [2.24, 2.45) is 5.84 Å². The molecule has 0 aliphatic carbocycles. The number of nitrogens with one attached hydrogen (secondary N) is 1. The molecule has 3 rings (SSSR count). The molecule has 0 bridgehead atoms. The zero-order chi connectivity index (χ0) is 14.8. The van der Waals surface area contributed by atoms with Crippen LogP contribution in [0.5, 0.6) is 11.5 Å². The van der Waals surface area contributed by atoms with E-state index in [0.717, 1.165) is 27.1 Å². The van der Waals surface area contributed by atoms with Crippen LogP contribution in [0.3, 0.4) is 0 Å². The van der Waals surface area contributed by atoms with E-state index in [2.05, 4.69) is 21.4 Å². The van der Waals surface area contributed by atoms with Gasteiger partial charge in [-0.15, -0.1) is 0 Å². The fourth-order valence-electron chi connectivity index (χ4n) is 2.32. The lowest BCUT2D eigenvalue weighted by Crippen LogP contribution is -2.29. The van der Waals surface area contributed by atoms with Crippen molar-refractivity contribution in [2.45, 2.75) is 6.04 Å². The van der Waals surface area contributed by atoms with E-state index in [0.29, 0.717) is 18.2 Å². The van der Waals surface area contributed by atoms with Crippen LogP contribution in [0, 0.1) is 0 Å². The Morgan fingerprint density at radius 1 is 1.05 bits per heavy atom. The summed E-state index contributed by atoms with van der Waals surface area (Å²) in [6.45, 7) is 1.13. The maximum Gasteiger partial charge on any atom is 0.161 e. The van der Waals surface area contributed by atoms with Crippen molar-refractivity contribution in [3.8, 4) is 11.5 Å². The molecule has 4 nitrogen and oxygen atoms in total. The first-order chi connectivity index (χ1) is 10.2. The van der Waals surface area contributed by atoms with E-state index < -0.39 is 0 Å². The second-order valence-corrected chi connectivity index (χ2v) is 5.94. The number of benzene rings is 2. The predicted molar refractivity (Wildman–Crippen MR) is 85.8 cm³/mol. The maximum absolute atomic E-state index is 6.16. The highest BCUT2D eigenvalue weighted by Crippen LogP contribution is 2.35. The van der Waals surface area contributed by atoms with Gasteiger partial charge < -0.3 is 9.47 Å². The molecule has 0 saturated heterocycles. The summed E-state index contributed by atoms with van der Waals surface area (Å²) in [5.41, 5.74) is 4.78. The first-order valence-corrected chi connectivity index (χ1v) is 7.67. The Kier molecular flexibility index (Phi) is 4.35. The molecule has 0 saturated carbocycles. The van der Waals surface area contributed by atoms with Crippen molar-refractivity contribution in [3.05, 3.63) is 57.0 Å². The molecule has 0 amide bonds. The highest BCUT2D eigenvalue weighted by molar-refractivity contribution is 9.10. The molecule has 110 valence electrons. The van der Waals surface area contributed by atoms with Crippen LogP contribution < -0.4 is 20.7 Å². The van der Waals surface area contributed by atoms with E-state index in [-0.39, 0.29) is 6.04 Å². The van der Waals surface area contributed by atoms with Crippen molar-refractivity contribution < 1.29 is 9.47 Å². The summed E-state index contributed by atoms with van der Waals surface area (Å²) in [5.74, 6) is 7.22. The van der Waals surface area contributed by atoms with Gasteiger partial charge in [0.2, 0.25) is 0 Å². The third kappa shape index (κ3) is 3.01. The minimum Gasteiger partial charge on any atom is -0.486 e. The Labute approximate surface area is 136 Å². The highest BCUT2D eigenvalue weighted by atomic mass is 79.9. The molecule has 21 heavy (non-hydrogen) atoms. The lowest BCUT2D eigenvalue weighted by molar-refractivity contribution is 0.171. The Bertz CT molecular complexity index is 666. The van der Waals surface area contributed by atoms with E-state index in [1.165, 1.54) is 0 Å². The second-order valence-electron chi connectivity index (χ2n) is 4.68. The molecule has 0 radical (unpaired) electrons. The summed E-state index contributed by atoms with van der Waals surface area (Å²) >= 11 is 9.54. The maximum atomic E-state index is 6.16. The minimum absolute atomic E-state index is 0.175. The summed E-state index contributed by atoms with van der Waals surface area (Å²) in [7, 11) is 0. The normalized spacial score (nSPS) is 14.8. The smallest absolute Gasteiger partial charge is 0.161 e. The van der Waals surface area contributed by atoms with Gasteiger partial charge in [-0.1, -0.05) is 23.7 Å². The molecule has 1 heterocycles. The third-order valence-electron chi connectivity index (χ3n) is 3.34. The highest BCUT2D eigenvalue weighted by Gasteiger charge is 2.18. The second kappa shape index (κ2) is 6.23. The number of ether oxygens (including phenoxy) is 2. The van der Waals surface area contributed by atoms with Crippen molar-refractivity contribution in [3.63, 3.8) is 0 Å². The number of nitrogens with two attached hydrogens (primary N) is 1. The van der Waals surface area contributed by atoms with Crippen molar-refractivity contribution in [1.82, 2.24) is 5.43 Å². The number of hydrazine groups is 1. The number of rotatable bonds is 3. The molecule has 2 aromatic carbocycles. The van der Waals surface area contributed by atoms with Gasteiger partial charge in [0.1, 0.15) is 13.2 Å². The van der Waals surface area contributed by atoms with Crippen LogP contribution in [0.2, 0.25) is 5.02 Å². The van der Waals surface area contributed by atoms with Crippen LogP contribution in [-0.4, -0.2) is 13.2 Å². The lowest BCUT2D eigenvalue weighted by atomic mass is 9.99. The van der Waals surface area contributed by atoms with Gasteiger partial charge >= 0.3 is 0 Å². The van der Waals surface area contributed by atoms with Gasteiger partial charge in [-0.3, -0.25) is 5.84 Å². The monoisotopic (exact) mass is 368 g/mol. The summed E-state index contributed by atoms with van der Waals surface area (Å²) in [6.07, 6.45) is 0. The van der Waals surface area contributed by atoms with Gasteiger partial charge in [-0.25, -0.2) is 5.43 Å². The van der Waals surface area contributed by atoms with Gasteiger partial charge in [0.05, 0.1) is 11.1 Å². The molecule has 1 atom stereocenters. The molecule has 0 spiro atoms.